The molecule has 0 atom stereocenters. The van der Waals surface area contributed by atoms with Crippen LogP contribution in [-0.4, -0.2) is 92.2 Å². The van der Waals surface area contributed by atoms with Crippen molar-refractivity contribution in [2.24, 2.45) is 5.92 Å². The summed E-state index contributed by atoms with van der Waals surface area (Å²) in [5.41, 5.74) is 0. The van der Waals surface area contributed by atoms with Crippen molar-refractivity contribution in [1.29, 1.82) is 0 Å². The third-order valence-electron chi connectivity index (χ3n) is 5.94. The first-order valence-electron chi connectivity index (χ1n) is 10.3. The fourth-order valence-corrected chi connectivity index (χ4v) is 4.18. The number of carbonyl (C=O) groups is 2. The van der Waals surface area contributed by atoms with E-state index < -0.39 is 0 Å². The van der Waals surface area contributed by atoms with E-state index in [2.05, 4.69) is 10.2 Å². The number of rotatable bonds is 5. The Bertz CT molecular complexity index is 454. The molecular weight excluding hydrogens is 332 g/mol. The molecule has 3 aliphatic rings. The molecule has 0 aromatic heterocycles. The molecule has 0 bridgehead atoms. The van der Waals surface area contributed by atoms with E-state index in [1.54, 1.807) is 0 Å². The third kappa shape index (κ3) is 5.84. The number of morpholine rings is 1. The Balaban J connectivity index is 1.30. The summed E-state index contributed by atoms with van der Waals surface area (Å²) < 4.78 is 5.32. The number of hydrogen-bond acceptors (Lipinski definition) is 4. The Kier molecular flexibility index (Phi) is 7.55. The average molecular weight is 367 g/mol. The minimum atomic E-state index is 0.0288. The van der Waals surface area contributed by atoms with Crippen LogP contribution in [0.1, 0.15) is 38.5 Å². The molecular formula is C19H34N4O3. The van der Waals surface area contributed by atoms with Gasteiger partial charge in [0.05, 0.1) is 19.8 Å². The van der Waals surface area contributed by atoms with Crippen molar-refractivity contribution in [2.45, 2.75) is 38.5 Å². The van der Waals surface area contributed by atoms with Crippen molar-refractivity contribution in [3.8, 4) is 0 Å². The van der Waals surface area contributed by atoms with Crippen LogP contribution >= 0.6 is 0 Å². The maximum atomic E-state index is 12.4. The van der Waals surface area contributed by atoms with Crippen molar-refractivity contribution >= 4 is 11.9 Å². The molecule has 7 nitrogen and oxygen atoms in total. The number of piperazine rings is 1. The van der Waals surface area contributed by atoms with Crippen molar-refractivity contribution < 1.29 is 14.3 Å². The van der Waals surface area contributed by atoms with Crippen molar-refractivity contribution in [3.05, 3.63) is 0 Å². The third-order valence-corrected chi connectivity index (χ3v) is 5.94. The van der Waals surface area contributed by atoms with Gasteiger partial charge < -0.3 is 19.9 Å². The van der Waals surface area contributed by atoms with Gasteiger partial charge in [0.2, 0.25) is 5.91 Å². The maximum absolute atomic E-state index is 12.4. The first kappa shape index (κ1) is 19.4. The molecule has 7 heteroatoms. The number of ether oxygens (including phenoxy) is 1. The Morgan fingerprint density at radius 2 is 1.54 bits per heavy atom. The van der Waals surface area contributed by atoms with Gasteiger partial charge in [0, 0.05) is 45.8 Å². The smallest absolute Gasteiger partial charge is 0.317 e. The lowest BCUT2D eigenvalue weighted by molar-refractivity contribution is -0.134. The number of hydrogen-bond donors (Lipinski definition) is 1. The van der Waals surface area contributed by atoms with Gasteiger partial charge in [-0.2, -0.15) is 0 Å². The molecule has 0 aromatic carbocycles. The van der Waals surface area contributed by atoms with Crippen molar-refractivity contribution in [1.82, 2.24) is 20.0 Å². The second kappa shape index (κ2) is 10.1. The summed E-state index contributed by atoms with van der Waals surface area (Å²) in [7, 11) is 0. The Morgan fingerprint density at radius 3 is 2.23 bits per heavy atom. The van der Waals surface area contributed by atoms with Crippen molar-refractivity contribution in [3.63, 3.8) is 0 Å². The minimum absolute atomic E-state index is 0.0288. The van der Waals surface area contributed by atoms with E-state index in [1.165, 1.54) is 32.1 Å². The molecule has 0 unspecified atom stereocenters. The highest BCUT2D eigenvalue weighted by molar-refractivity contribution is 5.79. The van der Waals surface area contributed by atoms with Crippen LogP contribution < -0.4 is 5.32 Å². The van der Waals surface area contributed by atoms with E-state index >= 15 is 0 Å². The molecule has 3 fully saturated rings. The molecule has 1 N–H and O–H groups in total. The van der Waals surface area contributed by atoms with E-state index in [1.807, 2.05) is 9.80 Å². The van der Waals surface area contributed by atoms with Crippen LogP contribution in [0.25, 0.3) is 0 Å². The highest BCUT2D eigenvalue weighted by atomic mass is 16.5. The van der Waals surface area contributed by atoms with Crippen LogP contribution in [0.2, 0.25) is 0 Å². The van der Waals surface area contributed by atoms with Gasteiger partial charge in [-0.3, -0.25) is 9.69 Å². The molecule has 1 aliphatic carbocycles. The first-order valence-corrected chi connectivity index (χ1v) is 10.3. The van der Waals surface area contributed by atoms with Gasteiger partial charge in [0.1, 0.15) is 0 Å². The number of urea groups is 1. The van der Waals surface area contributed by atoms with Gasteiger partial charge in [-0.15, -0.1) is 0 Å². The Labute approximate surface area is 157 Å². The highest BCUT2D eigenvalue weighted by Gasteiger charge is 2.25. The fourth-order valence-electron chi connectivity index (χ4n) is 4.18. The molecule has 3 amide bonds. The average Bonchev–Trinajstić information content (AvgIpc) is 2.69. The lowest BCUT2D eigenvalue weighted by Crippen LogP contribution is -2.55. The van der Waals surface area contributed by atoms with Crippen LogP contribution in [-0.2, 0) is 9.53 Å². The minimum Gasteiger partial charge on any atom is -0.379 e. The topological polar surface area (TPSA) is 65.1 Å². The van der Waals surface area contributed by atoms with Crippen molar-refractivity contribution in [2.75, 3.05) is 65.6 Å². The lowest BCUT2D eigenvalue weighted by Gasteiger charge is -2.36. The quantitative estimate of drug-likeness (QED) is 0.793. The number of amides is 3. The number of nitrogens with zero attached hydrogens (tertiary/aromatic N) is 3. The van der Waals surface area contributed by atoms with E-state index in [0.29, 0.717) is 45.9 Å². The van der Waals surface area contributed by atoms with Crippen LogP contribution in [0.15, 0.2) is 0 Å². The predicted molar refractivity (Wildman–Crippen MR) is 100 cm³/mol. The summed E-state index contributed by atoms with van der Waals surface area (Å²) in [6.07, 6.45) is 7.80. The summed E-state index contributed by atoms with van der Waals surface area (Å²) in [6, 6.07) is 0.0288. The standard InChI is InChI=1S/C19H34N4O3/c24-18(16-21-12-14-26-15-13-21)22-8-10-23(11-9-22)19(25)20-7-6-17-4-2-1-3-5-17/h17H,1-16H2,(H,20,25). The van der Waals surface area contributed by atoms with E-state index in [-0.39, 0.29) is 11.9 Å². The zero-order valence-corrected chi connectivity index (χ0v) is 16.0. The molecule has 148 valence electrons. The Morgan fingerprint density at radius 1 is 0.885 bits per heavy atom. The van der Waals surface area contributed by atoms with Gasteiger partial charge in [-0.25, -0.2) is 4.79 Å². The highest BCUT2D eigenvalue weighted by Crippen LogP contribution is 2.25. The maximum Gasteiger partial charge on any atom is 0.317 e. The largest absolute Gasteiger partial charge is 0.379 e. The molecule has 1 saturated carbocycles. The van der Waals surface area contributed by atoms with Gasteiger partial charge in [-0.1, -0.05) is 32.1 Å². The zero-order valence-electron chi connectivity index (χ0n) is 16.0. The summed E-state index contributed by atoms with van der Waals surface area (Å²) in [6.45, 7) is 6.86. The van der Waals surface area contributed by atoms with E-state index in [4.69, 9.17) is 4.74 Å². The molecule has 2 heterocycles. The summed E-state index contributed by atoms with van der Waals surface area (Å²) >= 11 is 0. The monoisotopic (exact) mass is 366 g/mol. The van der Waals surface area contributed by atoms with Crippen LogP contribution in [0.5, 0.6) is 0 Å². The molecule has 0 radical (unpaired) electrons. The molecule has 26 heavy (non-hydrogen) atoms. The van der Waals surface area contributed by atoms with Crippen LogP contribution in [0.3, 0.4) is 0 Å². The molecule has 0 spiro atoms. The van der Waals surface area contributed by atoms with Gasteiger partial charge in [0.15, 0.2) is 0 Å². The summed E-state index contributed by atoms with van der Waals surface area (Å²) in [5, 5.41) is 3.07. The summed E-state index contributed by atoms with van der Waals surface area (Å²) in [5.74, 6) is 0.961. The fraction of sp³-hybridized carbons (Fsp3) is 0.895. The SMILES string of the molecule is O=C(CN1CCOCC1)N1CCN(C(=O)NCCC2CCCCC2)CC1. The second-order valence-corrected chi connectivity index (χ2v) is 7.78. The molecule has 3 rings (SSSR count). The molecule has 2 saturated heterocycles. The molecule has 0 aromatic rings. The van der Waals surface area contributed by atoms with E-state index in [0.717, 1.165) is 32.0 Å². The molecule has 2 aliphatic heterocycles. The van der Waals surface area contributed by atoms with Crippen LogP contribution in [0, 0.1) is 5.92 Å². The van der Waals surface area contributed by atoms with E-state index in [9.17, 15) is 9.59 Å². The van der Waals surface area contributed by atoms with Crippen LogP contribution in [0.4, 0.5) is 4.79 Å². The zero-order chi connectivity index (χ0) is 18.2. The van der Waals surface area contributed by atoms with Gasteiger partial charge in [0.25, 0.3) is 0 Å². The van der Waals surface area contributed by atoms with Gasteiger partial charge >= 0.3 is 6.03 Å². The predicted octanol–water partition coefficient (Wildman–Crippen LogP) is 1.14. The first-order chi connectivity index (χ1) is 12.7. The lowest BCUT2D eigenvalue weighted by atomic mass is 9.87. The number of nitrogens with one attached hydrogen (secondary N) is 1. The normalized spacial score (nSPS) is 23.1. The van der Waals surface area contributed by atoms with Gasteiger partial charge in [-0.05, 0) is 12.3 Å². The number of carbonyl (C=O) groups excluding carboxylic acids is 2. The second-order valence-electron chi connectivity index (χ2n) is 7.78. The Hall–Kier alpha value is -1.34. The summed E-state index contributed by atoms with van der Waals surface area (Å²) in [4.78, 5) is 30.6.